The standard InChI is InChI=1S/C28H38F3N3O5/c1-17-7-12-22-18(2)23(35-24-27(22)21(17)13-14-26(3,37-24)38-39-27)33-25(34-15-5-4-6-16-34)32-19-8-10-20(11-9-19)36-28(29,30)31/h8-11,17-18,21-24H,4-7,12-16H2,1-3H3,(H,32,33)/t17-,18-,21+,22+,23-,24-,26+,27?/m1/s1. The highest BCUT2D eigenvalue weighted by Gasteiger charge is 2.69. The number of ether oxygens (including phenoxy) is 3. The van der Waals surface area contributed by atoms with Crippen LogP contribution in [0.1, 0.15) is 65.7 Å². The molecule has 8 atom stereocenters. The quantitative estimate of drug-likeness (QED) is 0.278. The molecule has 6 aliphatic rings. The lowest BCUT2D eigenvalue weighted by Crippen LogP contribution is -2.70. The second-order valence-electron chi connectivity index (χ2n) is 12.0. The van der Waals surface area contributed by atoms with E-state index in [1.807, 2.05) is 6.92 Å². The van der Waals surface area contributed by atoms with Gasteiger partial charge in [-0.1, -0.05) is 13.8 Å². The van der Waals surface area contributed by atoms with Gasteiger partial charge in [0.2, 0.25) is 11.7 Å². The molecule has 0 radical (unpaired) electrons. The Bertz CT molecular complexity index is 1070. The minimum absolute atomic E-state index is 0.0371. The van der Waals surface area contributed by atoms with Gasteiger partial charge in [-0.05, 0) is 81.5 Å². The predicted molar refractivity (Wildman–Crippen MR) is 136 cm³/mol. The zero-order chi connectivity index (χ0) is 27.4. The van der Waals surface area contributed by atoms with Gasteiger partial charge < -0.3 is 24.4 Å². The van der Waals surface area contributed by atoms with Crippen molar-refractivity contribution in [1.82, 2.24) is 4.90 Å². The summed E-state index contributed by atoms with van der Waals surface area (Å²) in [6.07, 6.45) is 1.21. The summed E-state index contributed by atoms with van der Waals surface area (Å²) in [5, 5.41) is 3.36. The number of likely N-dealkylation sites (tertiary alicyclic amines) is 1. The van der Waals surface area contributed by atoms with Crippen LogP contribution in [-0.4, -0.2) is 54.2 Å². The van der Waals surface area contributed by atoms with E-state index in [0.717, 1.165) is 58.0 Å². The first-order chi connectivity index (χ1) is 18.6. The smallest absolute Gasteiger partial charge is 0.406 e. The number of halogens is 3. The van der Waals surface area contributed by atoms with Crippen molar-refractivity contribution in [2.45, 2.75) is 96.0 Å². The first-order valence-electron chi connectivity index (χ1n) is 14.2. The van der Waals surface area contributed by atoms with Gasteiger partial charge >= 0.3 is 6.36 Å². The molecule has 216 valence electrons. The van der Waals surface area contributed by atoms with Crippen molar-refractivity contribution < 1.29 is 37.2 Å². The summed E-state index contributed by atoms with van der Waals surface area (Å²) in [7, 11) is 0. The number of nitrogens with one attached hydrogen (secondary N) is 1. The van der Waals surface area contributed by atoms with E-state index in [1.54, 1.807) is 12.1 Å². The van der Waals surface area contributed by atoms with Crippen molar-refractivity contribution in [3.8, 4) is 5.75 Å². The minimum Gasteiger partial charge on any atom is -0.406 e. The summed E-state index contributed by atoms with van der Waals surface area (Å²) in [5.74, 6) is 0.453. The number of aliphatic imine (C=N–C) groups is 1. The molecule has 11 heteroatoms. The monoisotopic (exact) mass is 553 g/mol. The molecule has 6 fully saturated rings. The molecule has 1 aliphatic carbocycles. The number of hydrogen-bond acceptors (Lipinski definition) is 6. The molecule has 8 nitrogen and oxygen atoms in total. The first-order valence-corrected chi connectivity index (χ1v) is 14.2. The molecule has 7 rings (SSSR count). The lowest BCUT2D eigenvalue weighted by atomic mass is 9.58. The third-order valence-electron chi connectivity index (χ3n) is 9.37. The number of guanidine groups is 1. The molecule has 1 aromatic rings. The maximum Gasteiger partial charge on any atom is 0.573 e. The molecule has 5 heterocycles. The number of piperidine rings is 1. The maximum atomic E-state index is 12.6. The number of alkyl halides is 3. The number of rotatable bonds is 3. The van der Waals surface area contributed by atoms with Crippen molar-refractivity contribution in [3.05, 3.63) is 24.3 Å². The van der Waals surface area contributed by atoms with Crippen molar-refractivity contribution in [3.63, 3.8) is 0 Å². The molecule has 0 aromatic heterocycles. The molecular formula is C28H38F3N3O5. The van der Waals surface area contributed by atoms with Crippen LogP contribution in [0.15, 0.2) is 29.3 Å². The Hall–Kier alpha value is -2.08. The van der Waals surface area contributed by atoms with Crippen LogP contribution in [0.4, 0.5) is 18.9 Å². The second-order valence-corrected chi connectivity index (χ2v) is 12.0. The maximum absolute atomic E-state index is 12.6. The fraction of sp³-hybridized carbons (Fsp3) is 0.750. The van der Waals surface area contributed by atoms with E-state index in [9.17, 15) is 13.2 Å². The van der Waals surface area contributed by atoms with Gasteiger partial charge in [-0.25, -0.2) is 14.8 Å². The Morgan fingerprint density at radius 2 is 1.77 bits per heavy atom. The lowest BCUT2D eigenvalue weighted by Gasteiger charge is -2.59. The third-order valence-corrected chi connectivity index (χ3v) is 9.37. The van der Waals surface area contributed by atoms with E-state index in [0.29, 0.717) is 17.6 Å². The van der Waals surface area contributed by atoms with Gasteiger partial charge in [0.15, 0.2) is 18.1 Å². The lowest BCUT2D eigenvalue weighted by molar-refractivity contribution is -0.570. The molecule has 1 spiro atoms. The summed E-state index contributed by atoms with van der Waals surface area (Å²) < 4.78 is 55.0. The summed E-state index contributed by atoms with van der Waals surface area (Å²) in [5.41, 5.74) is -0.0408. The Balaban J connectivity index is 1.29. The summed E-state index contributed by atoms with van der Waals surface area (Å²) >= 11 is 0. The molecular weight excluding hydrogens is 515 g/mol. The Kier molecular flexibility index (Phi) is 7.01. The van der Waals surface area contributed by atoms with Crippen molar-refractivity contribution in [1.29, 1.82) is 0 Å². The largest absolute Gasteiger partial charge is 0.573 e. The first kappa shape index (κ1) is 27.1. The average Bonchev–Trinajstić information content (AvgIpc) is 3.13. The van der Waals surface area contributed by atoms with E-state index >= 15 is 0 Å². The zero-order valence-corrected chi connectivity index (χ0v) is 22.7. The van der Waals surface area contributed by atoms with E-state index in [2.05, 4.69) is 28.8 Å². The van der Waals surface area contributed by atoms with Crippen LogP contribution < -0.4 is 10.1 Å². The fourth-order valence-electron chi connectivity index (χ4n) is 7.32. The Morgan fingerprint density at radius 3 is 2.49 bits per heavy atom. The molecule has 1 unspecified atom stereocenters. The average molecular weight is 554 g/mol. The number of fused-ring (bicyclic) bond motifs is 2. The van der Waals surface area contributed by atoms with E-state index in [4.69, 9.17) is 24.2 Å². The van der Waals surface area contributed by atoms with Gasteiger partial charge in [0.25, 0.3) is 0 Å². The van der Waals surface area contributed by atoms with Crippen LogP contribution >= 0.6 is 0 Å². The summed E-state index contributed by atoms with van der Waals surface area (Å²) in [6.45, 7) is 8.03. The van der Waals surface area contributed by atoms with Gasteiger partial charge in [-0.3, -0.25) is 0 Å². The number of benzene rings is 1. The van der Waals surface area contributed by atoms with Crippen LogP contribution in [0, 0.1) is 23.7 Å². The van der Waals surface area contributed by atoms with Gasteiger partial charge in [-0.15, -0.1) is 13.2 Å². The molecule has 1 aromatic carbocycles. The van der Waals surface area contributed by atoms with Crippen LogP contribution in [0.3, 0.4) is 0 Å². The summed E-state index contributed by atoms with van der Waals surface area (Å²) in [4.78, 5) is 19.5. The van der Waals surface area contributed by atoms with Crippen molar-refractivity contribution in [2.24, 2.45) is 28.7 Å². The van der Waals surface area contributed by atoms with E-state index in [1.165, 1.54) is 12.1 Å². The van der Waals surface area contributed by atoms with Crippen LogP contribution in [0.5, 0.6) is 5.75 Å². The second kappa shape index (κ2) is 10.1. The number of hydrogen-bond donors (Lipinski definition) is 1. The topological polar surface area (TPSA) is 73.8 Å². The van der Waals surface area contributed by atoms with Crippen molar-refractivity contribution >= 4 is 11.6 Å². The fourth-order valence-corrected chi connectivity index (χ4v) is 7.32. The van der Waals surface area contributed by atoms with Crippen LogP contribution in [0.25, 0.3) is 0 Å². The summed E-state index contributed by atoms with van der Waals surface area (Å²) in [6, 6.07) is 5.72. The van der Waals surface area contributed by atoms with E-state index in [-0.39, 0.29) is 23.5 Å². The molecule has 5 aliphatic heterocycles. The van der Waals surface area contributed by atoms with Gasteiger partial charge in [0, 0.05) is 37.0 Å². The molecule has 0 amide bonds. The molecule has 39 heavy (non-hydrogen) atoms. The Labute approximate surface area is 227 Å². The highest BCUT2D eigenvalue weighted by atomic mass is 19.4. The van der Waals surface area contributed by atoms with Crippen molar-refractivity contribution in [2.75, 3.05) is 18.4 Å². The predicted octanol–water partition coefficient (Wildman–Crippen LogP) is 6.05. The van der Waals surface area contributed by atoms with Crippen LogP contribution in [-0.2, 0) is 19.2 Å². The highest BCUT2D eigenvalue weighted by Crippen LogP contribution is 2.60. The van der Waals surface area contributed by atoms with Gasteiger partial charge in [0.05, 0.1) is 0 Å². The Morgan fingerprint density at radius 1 is 1.03 bits per heavy atom. The zero-order valence-electron chi connectivity index (χ0n) is 22.7. The van der Waals surface area contributed by atoms with Gasteiger partial charge in [-0.2, -0.15) is 0 Å². The third kappa shape index (κ3) is 5.11. The molecule has 5 saturated heterocycles. The molecule has 2 bridgehead atoms. The minimum atomic E-state index is -4.73. The van der Waals surface area contributed by atoms with E-state index < -0.39 is 30.3 Å². The molecule has 1 N–H and O–H groups in total. The van der Waals surface area contributed by atoms with Gasteiger partial charge in [0.1, 0.15) is 5.75 Å². The SMILES string of the molecule is C[C@H]1[C@H](/N=C(/Nc2ccc(OC(F)(F)F)cc2)N2CCCCC2)O[C@@H]2O[C@]3(C)CC[C@H]4[C@H](C)CC[C@@H]1C24OO3. The number of nitrogens with zero attached hydrogens (tertiary/aromatic N) is 2. The molecule has 1 saturated carbocycles. The normalized spacial score (nSPS) is 40.6. The van der Waals surface area contributed by atoms with Crippen LogP contribution in [0.2, 0.25) is 0 Å². The highest BCUT2D eigenvalue weighted by molar-refractivity contribution is 5.93. The number of anilines is 1.